The third kappa shape index (κ3) is 5.21. The van der Waals surface area contributed by atoms with Gasteiger partial charge in [0.1, 0.15) is 11.5 Å². The van der Waals surface area contributed by atoms with Crippen LogP contribution in [-0.4, -0.2) is 30.1 Å². The number of anilines is 1. The van der Waals surface area contributed by atoms with Crippen molar-refractivity contribution in [3.63, 3.8) is 0 Å². The predicted octanol–water partition coefficient (Wildman–Crippen LogP) is 4.95. The Morgan fingerprint density at radius 3 is 2.23 bits per heavy atom. The lowest BCUT2D eigenvalue weighted by molar-refractivity contribution is -0.0494. The van der Waals surface area contributed by atoms with Crippen LogP contribution in [0.5, 0.6) is 11.5 Å². The molecule has 8 heteroatoms. The molecule has 0 radical (unpaired) electrons. The molecule has 1 unspecified atom stereocenters. The Morgan fingerprint density at radius 1 is 1.00 bits per heavy atom. The van der Waals surface area contributed by atoms with E-state index in [4.69, 9.17) is 4.74 Å². The molecule has 0 fully saturated rings. The van der Waals surface area contributed by atoms with Crippen LogP contribution in [0.4, 0.5) is 14.5 Å². The number of rotatable bonds is 7. The van der Waals surface area contributed by atoms with E-state index in [1.54, 1.807) is 60.9 Å². The number of benzene rings is 3. The normalized spacial score (nSPS) is 11.8. The molecule has 3 rings (SSSR count). The number of hydrogen-bond donors (Lipinski definition) is 1. The van der Waals surface area contributed by atoms with Gasteiger partial charge in [-0.3, -0.25) is 9.00 Å². The summed E-state index contributed by atoms with van der Waals surface area (Å²) in [5, 5.41) is 2.74. The van der Waals surface area contributed by atoms with Crippen molar-refractivity contribution < 1.29 is 27.3 Å². The fourth-order valence-electron chi connectivity index (χ4n) is 2.80. The van der Waals surface area contributed by atoms with Gasteiger partial charge in [0, 0.05) is 38.8 Å². The van der Waals surface area contributed by atoms with Crippen LogP contribution >= 0.6 is 0 Å². The van der Waals surface area contributed by atoms with E-state index in [0.717, 1.165) is 0 Å². The highest BCUT2D eigenvalue weighted by Gasteiger charge is 2.14. The summed E-state index contributed by atoms with van der Waals surface area (Å²) in [7, 11) is 0.390. The molecule has 3 aromatic rings. The molecule has 156 valence electrons. The molecule has 0 aliphatic heterocycles. The maximum atomic E-state index is 12.8. The van der Waals surface area contributed by atoms with E-state index < -0.39 is 17.4 Å². The summed E-state index contributed by atoms with van der Waals surface area (Å²) in [5.41, 5.74) is 1.81. The molecule has 0 saturated carbocycles. The number of carbonyl (C=O) groups excluding carboxylic acids is 1. The van der Waals surface area contributed by atoms with Gasteiger partial charge in [-0.1, -0.05) is 12.1 Å². The summed E-state index contributed by atoms with van der Waals surface area (Å²) in [4.78, 5) is 13.1. The van der Waals surface area contributed by atoms with Gasteiger partial charge in [0.05, 0.1) is 7.11 Å². The Morgan fingerprint density at radius 2 is 1.67 bits per heavy atom. The fourth-order valence-corrected chi connectivity index (χ4v) is 3.32. The number of amides is 1. The summed E-state index contributed by atoms with van der Waals surface area (Å²) < 4.78 is 46.9. The first-order valence-electron chi connectivity index (χ1n) is 8.85. The number of ether oxygens (including phenoxy) is 2. The van der Waals surface area contributed by atoms with Gasteiger partial charge in [0.25, 0.3) is 5.91 Å². The maximum Gasteiger partial charge on any atom is 0.387 e. The van der Waals surface area contributed by atoms with Crippen molar-refractivity contribution in [2.24, 2.45) is 0 Å². The first kappa shape index (κ1) is 21.4. The molecule has 0 aliphatic rings. The van der Waals surface area contributed by atoms with Crippen LogP contribution in [0.25, 0.3) is 11.1 Å². The smallest absolute Gasteiger partial charge is 0.387 e. The average Bonchev–Trinajstić information content (AvgIpc) is 2.74. The summed E-state index contributed by atoms with van der Waals surface area (Å²) in [6.45, 7) is -2.98. The molecule has 1 amide bonds. The van der Waals surface area contributed by atoms with Crippen LogP contribution in [0.1, 0.15) is 10.4 Å². The number of carbonyl (C=O) groups is 1. The molecule has 1 atom stereocenters. The standard InChI is InChI=1S/C22H19F2NO4S/c1-28-17-8-3-14(4-9-17)19-13-16(7-12-20(19)29-22(23)24)25-21(26)15-5-10-18(11-6-15)30(2)27/h3-13,22H,1-2H3,(H,25,26). The highest BCUT2D eigenvalue weighted by molar-refractivity contribution is 7.84. The molecule has 0 heterocycles. The third-order valence-electron chi connectivity index (χ3n) is 4.30. The average molecular weight is 431 g/mol. The van der Waals surface area contributed by atoms with Crippen LogP contribution in [0, 0.1) is 0 Å². The largest absolute Gasteiger partial charge is 0.497 e. The number of nitrogens with one attached hydrogen (secondary N) is 1. The van der Waals surface area contributed by atoms with Crippen molar-refractivity contribution in [3.05, 3.63) is 72.3 Å². The first-order valence-corrected chi connectivity index (χ1v) is 10.4. The van der Waals surface area contributed by atoms with Gasteiger partial charge >= 0.3 is 6.61 Å². The first-order chi connectivity index (χ1) is 14.4. The number of halogens is 2. The van der Waals surface area contributed by atoms with Crippen molar-refractivity contribution in [2.75, 3.05) is 18.7 Å². The monoisotopic (exact) mass is 431 g/mol. The second-order valence-electron chi connectivity index (χ2n) is 6.25. The Hall–Kier alpha value is -3.26. The van der Waals surface area contributed by atoms with Gasteiger partial charge in [-0.2, -0.15) is 8.78 Å². The van der Waals surface area contributed by atoms with E-state index >= 15 is 0 Å². The molecule has 1 N–H and O–H groups in total. The Labute approximate surface area is 175 Å². The lowest BCUT2D eigenvalue weighted by Gasteiger charge is -2.14. The molecular weight excluding hydrogens is 412 g/mol. The summed E-state index contributed by atoms with van der Waals surface area (Å²) >= 11 is 0. The number of methoxy groups -OCH3 is 1. The molecule has 0 saturated heterocycles. The minimum Gasteiger partial charge on any atom is -0.497 e. The summed E-state index contributed by atoms with van der Waals surface area (Å²) in [5.74, 6) is 0.227. The van der Waals surface area contributed by atoms with E-state index in [-0.39, 0.29) is 11.7 Å². The van der Waals surface area contributed by atoms with Gasteiger partial charge in [0.15, 0.2) is 0 Å². The Balaban J connectivity index is 1.89. The van der Waals surface area contributed by atoms with Gasteiger partial charge in [-0.25, -0.2) is 0 Å². The van der Waals surface area contributed by atoms with Crippen LogP contribution in [-0.2, 0) is 10.8 Å². The molecule has 5 nitrogen and oxygen atoms in total. The van der Waals surface area contributed by atoms with E-state index in [0.29, 0.717) is 33.0 Å². The highest BCUT2D eigenvalue weighted by atomic mass is 32.2. The van der Waals surface area contributed by atoms with Crippen LogP contribution in [0.2, 0.25) is 0 Å². The van der Waals surface area contributed by atoms with Crippen molar-refractivity contribution in [2.45, 2.75) is 11.5 Å². The molecule has 3 aromatic carbocycles. The lowest BCUT2D eigenvalue weighted by atomic mass is 10.0. The van der Waals surface area contributed by atoms with E-state index in [1.807, 2.05) is 0 Å². The minimum atomic E-state index is -2.98. The molecular formula is C22H19F2NO4S. The molecule has 0 aliphatic carbocycles. The predicted molar refractivity (Wildman–Crippen MR) is 112 cm³/mol. The van der Waals surface area contributed by atoms with Crippen molar-refractivity contribution in [1.82, 2.24) is 0 Å². The van der Waals surface area contributed by atoms with E-state index in [2.05, 4.69) is 10.1 Å². The van der Waals surface area contributed by atoms with Gasteiger partial charge in [-0.05, 0) is 60.2 Å². The maximum absolute atomic E-state index is 12.8. The molecule has 30 heavy (non-hydrogen) atoms. The zero-order chi connectivity index (χ0) is 21.7. The van der Waals surface area contributed by atoms with Crippen molar-refractivity contribution in [3.8, 4) is 22.6 Å². The van der Waals surface area contributed by atoms with Gasteiger partial charge in [0.2, 0.25) is 0 Å². The molecule has 0 bridgehead atoms. The minimum absolute atomic E-state index is 0.0112. The zero-order valence-electron chi connectivity index (χ0n) is 16.2. The summed E-state index contributed by atoms with van der Waals surface area (Å²) in [6, 6.07) is 17.6. The fraction of sp³-hybridized carbons (Fsp3) is 0.136. The Bertz CT molecular complexity index is 1050. The van der Waals surface area contributed by atoms with Crippen molar-refractivity contribution >= 4 is 22.4 Å². The molecule has 0 spiro atoms. The topological polar surface area (TPSA) is 64.6 Å². The van der Waals surface area contributed by atoms with Gasteiger partial charge < -0.3 is 14.8 Å². The Kier molecular flexibility index (Phi) is 6.79. The second kappa shape index (κ2) is 9.49. The highest BCUT2D eigenvalue weighted by Crippen LogP contribution is 2.34. The van der Waals surface area contributed by atoms with Crippen molar-refractivity contribution in [1.29, 1.82) is 0 Å². The van der Waals surface area contributed by atoms with E-state index in [9.17, 15) is 17.8 Å². The third-order valence-corrected chi connectivity index (χ3v) is 5.24. The quantitative estimate of drug-likeness (QED) is 0.575. The van der Waals surface area contributed by atoms with E-state index in [1.165, 1.54) is 19.2 Å². The zero-order valence-corrected chi connectivity index (χ0v) is 17.0. The number of alkyl halides is 2. The van der Waals surface area contributed by atoms with Gasteiger partial charge in [-0.15, -0.1) is 0 Å². The van der Waals surface area contributed by atoms with Crippen LogP contribution in [0.15, 0.2) is 71.6 Å². The van der Waals surface area contributed by atoms with Crippen LogP contribution < -0.4 is 14.8 Å². The number of hydrogen-bond acceptors (Lipinski definition) is 4. The SMILES string of the molecule is COc1ccc(-c2cc(NC(=O)c3ccc(S(C)=O)cc3)ccc2OC(F)F)cc1. The lowest BCUT2D eigenvalue weighted by Crippen LogP contribution is -2.12. The second-order valence-corrected chi connectivity index (χ2v) is 7.63. The summed E-state index contributed by atoms with van der Waals surface area (Å²) in [6.07, 6.45) is 1.55. The van der Waals surface area contributed by atoms with Crippen LogP contribution in [0.3, 0.4) is 0 Å². The molecule has 0 aromatic heterocycles.